The normalized spacial score (nSPS) is 7.00. The average molecular weight is 133 g/mol. The molecular formula is C3H10N2Ni+2. The Morgan fingerprint density at radius 2 is 1.33 bits per heavy atom. The van der Waals surface area contributed by atoms with E-state index < -0.39 is 0 Å². The first-order valence-corrected chi connectivity index (χ1v) is 1.82. The maximum absolute atomic E-state index is 5.06. The molecule has 0 unspecified atom stereocenters. The van der Waals surface area contributed by atoms with Gasteiger partial charge in [-0.05, 0) is 19.5 Å². The van der Waals surface area contributed by atoms with Gasteiger partial charge in [-0.3, -0.25) is 0 Å². The Hall–Kier alpha value is 0.414. The summed E-state index contributed by atoms with van der Waals surface area (Å²) in [6.07, 6.45) is 0.944. The second-order valence-electron chi connectivity index (χ2n) is 0.931. The van der Waals surface area contributed by atoms with Gasteiger partial charge in [0.2, 0.25) is 0 Å². The molecule has 0 aromatic heterocycles. The van der Waals surface area contributed by atoms with Gasteiger partial charge in [0.25, 0.3) is 0 Å². The molecule has 0 aliphatic rings. The van der Waals surface area contributed by atoms with Crippen molar-refractivity contribution in [1.29, 1.82) is 0 Å². The molecule has 2 nitrogen and oxygen atoms in total. The predicted molar refractivity (Wildman–Crippen MR) is 22.7 cm³/mol. The third-order valence-electron chi connectivity index (χ3n) is 0.408. The van der Waals surface area contributed by atoms with Crippen LogP contribution in [0, 0.1) is 0 Å². The molecule has 0 spiro atoms. The summed E-state index contributed by atoms with van der Waals surface area (Å²) >= 11 is 0. The summed E-state index contributed by atoms with van der Waals surface area (Å²) in [7, 11) is 0. The molecule has 0 saturated carbocycles. The van der Waals surface area contributed by atoms with Gasteiger partial charge in [0, 0.05) is 0 Å². The Kier molecular flexibility index (Phi) is 14.6. The third kappa shape index (κ3) is 8.83. The predicted octanol–water partition coefficient (Wildman–Crippen LogP) is -0.709. The van der Waals surface area contributed by atoms with Crippen LogP contribution in [0.1, 0.15) is 6.42 Å². The molecule has 0 fully saturated rings. The van der Waals surface area contributed by atoms with Crippen molar-refractivity contribution in [3.05, 3.63) is 0 Å². The monoisotopic (exact) mass is 132 g/mol. The zero-order chi connectivity index (χ0) is 4.12. The first kappa shape index (κ1) is 9.65. The van der Waals surface area contributed by atoms with Gasteiger partial charge in [0.05, 0.1) is 0 Å². The van der Waals surface area contributed by atoms with E-state index in [-0.39, 0.29) is 16.5 Å². The molecule has 6 heavy (non-hydrogen) atoms. The molecule has 0 saturated heterocycles. The van der Waals surface area contributed by atoms with E-state index in [1.54, 1.807) is 0 Å². The van der Waals surface area contributed by atoms with Crippen LogP contribution in [0.15, 0.2) is 0 Å². The van der Waals surface area contributed by atoms with Crippen LogP contribution < -0.4 is 11.5 Å². The molecule has 0 amide bonds. The van der Waals surface area contributed by atoms with Crippen LogP contribution in [-0.2, 0) is 16.5 Å². The van der Waals surface area contributed by atoms with Crippen LogP contribution in [0.25, 0.3) is 0 Å². The summed E-state index contributed by atoms with van der Waals surface area (Å²) in [6, 6.07) is 0. The van der Waals surface area contributed by atoms with Gasteiger partial charge in [-0.1, -0.05) is 0 Å². The molecule has 0 aromatic carbocycles. The van der Waals surface area contributed by atoms with E-state index in [9.17, 15) is 0 Å². The summed E-state index contributed by atoms with van der Waals surface area (Å²) in [6.45, 7) is 1.44. The van der Waals surface area contributed by atoms with E-state index >= 15 is 0 Å². The maximum atomic E-state index is 5.06. The van der Waals surface area contributed by atoms with Crippen molar-refractivity contribution in [2.45, 2.75) is 6.42 Å². The smallest absolute Gasteiger partial charge is 0.330 e. The molecule has 0 rings (SSSR count). The standard InChI is InChI=1S/C3H10N2.Ni/c4-2-1-3-5;/h1-5H2;/q;+2. The van der Waals surface area contributed by atoms with Gasteiger partial charge in [0.15, 0.2) is 0 Å². The minimum atomic E-state index is 0. The van der Waals surface area contributed by atoms with Crippen LogP contribution in [-0.4, -0.2) is 13.1 Å². The molecule has 0 aromatic rings. The fraction of sp³-hybridized carbons (Fsp3) is 1.00. The van der Waals surface area contributed by atoms with Crippen molar-refractivity contribution in [2.24, 2.45) is 11.5 Å². The second-order valence-corrected chi connectivity index (χ2v) is 0.931. The van der Waals surface area contributed by atoms with Crippen LogP contribution in [0.4, 0.5) is 0 Å². The quantitative estimate of drug-likeness (QED) is 0.488. The van der Waals surface area contributed by atoms with Gasteiger partial charge in [-0.25, -0.2) is 0 Å². The largest absolute Gasteiger partial charge is 2.00 e. The molecular weight excluding hydrogens is 123 g/mol. The van der Waals surface area contributed by atoms with Crippen molar-refractivity contribution >= 4 is 0 Å². The molecule has 40 valence electrons. The number of nitrogens with two attached hydrogens (primary N) is 2. The topological polar surface area (TPSA) is 52.0 Å². The Labute approximate surface area is 48.2 Å². The molecule has 3 heteroatoms. The third-order valence-corrected chi connectivity index (χ3v) is 0.408. The number of hydrogen-bond donors (Lipinski definition) is 2. The second kappa shape index (κ2) is 9.05. The average Bonchev–Trinajstić information content (AvgIpc) is 1.41. The zero-order valence-corrected chi connectivity index (χ0v) is 4.58. The molecule has 0 aliphatic heterocycles. The molecule has 4 N–H and O–H groups in total. The van der Waals surface area contributed by atoms with Crippen LogP contribution >= 0.6 is 0 Å². The van der Waals surface area contributed by atoms with Gasteiger partial charge in [0.1, 0.15) is 0 Å². The number of rotatable bonds is 2. The van der Waals surface area contributed by atoms with Gasteiger partial charge >= 0.3 is 16.5 Å². The van der Waals surface area contributed by atoms with Crippen molar-refractivity contribution in [3.63, 3.8) is 0 Å². The Bertz CT molecular complexity index is 16.3. The number of hydrogen-bond acceptors (Lipinski definition) is 2. The molecule has 0 bridgehead atoms. The summed E-state index contributed by atoms with van der Waals surface area (Å²) in [5.74, 6) is 0. The summed E-state index contributed by atoms with van der Waals surface area (Å²) in [5.41, 5.74) is 10.1. The van der Waals surface area contributed by atoms with E-state index in [0.29, 0.717) is 0 Å². The van der Waals surface area contributed by atoms with Crippen molar-refractivity contribution in [2.75, 3.05) is 13.1 Å². The van der Waals surface area contributed by atoms with E-state index in [4.69, 9.17) is 11.5 Å². The van der Waals surface area contributed by atoms with E-state index in [1.165, 1.54) is 0 Å². The van der Waals surface area contributed by atoms with Crippen LogP contribution in [0.2, 0.25) is 0 Å². The minimum Gasteiger partial charge on any atom is -0.330 e. The zero-order valence-electron chi connectivity index (χ0n) is 3.59. The van der Waals surface area contributed by atoms with Crippen LogP contribution in [0.3, 0.4) is 0 Å². The summed E-state index contributed by atoms with van der Waals surface area (Å²) in [4.78, 5) is 0. The Morgan fingerprint density at radius 3 is 1.33 bits per heavy atom. The van der Waals surface area contributed by atoms with Crippen molar-refractivity contribution < 1.29 is 16.5 Å². The van der Waals surface area contributed by atoms with E-state index in [1.807, 2.05) is 0 Å². The first-order valence-electron chi connectivity index (χ1n) is 1.82. The van der Waals surface area contributed by atoms with Crippen molar-refractivity contribution in [3.8, 4) is 0 Å². The first-order chi connectivity index (χ1) is 2.41. The molecule has 0 heterocycles. The molecule has 0 radical (unpaired) electrons. The fourth-order valence-corrected chi connectivity index (χ4v) is 0.118. The summed E-state index contributed by atoms with van der Waals surface area (Å²) < 4.78 is 0. The minimum absolute atomic E-state index is 0. The maximum Gasteiger partial charge on any atom is 2.00 e. The van der Waals surface area contributed by atoms with Crippen molar-refractivity contribution in [1.82, 2.24) is 0 Å². The van der Waals surface area contributed by atoms with E-state index in [0.717, 1.165) is 19.5 Å². The van der Waals surface area contributed by atoms with Gasteiger partial charge in [-0.2, -0.15) is 0 Å². The van der Waals surface area contributed by atoms with Crippen LogP contribution in [0.5, 0.6) is 0 Å². The Morgan fingerprint density at radius 1 is 1.00 bits per heavy atom. The SMILES string of the molecule is NCCCN.[Ni+2]. The van der Waals surface area contributed by atoms with Gasteiger partial charge < -0.3 is 11.5 Å². The van der Waals surface area contributed by atoms with E-state index in [2.05, 4.69) is 0 Å². The fourth-order valence-electron chi connectivity index (χ4n) is 0.118. The molecule has 0 atom stereocenters. The summed E-state index contributed by atoms with van der Waals surface area (Å²) in [5, 5.41) is 0. The Balaban J connectivity index is 0. The molecule has 0 aliphatic carbocycles. The van der Waals surface area contributed by atoms with Gasteiger partial charge in [-0.15, -0.1) is 0 Å².